The van der Waals surface area contributed by atoms with Crippen molar-refractivity contribution in [3.05, 3.63) is 33.1 Å². The Balaban J connectivity index is 2.36. The number of hydrogen-bond donors (Lipinski definition) is 1. The highest BCUT2D eigenvalue weighted by molar-refractivity contribution is 6.32. The van der Waals surface area contributed by atoms with Gasteiger partial charge < -0.3 is 10.0 Å². The van der Waals surface area contributed by atoms with Gasteiger partial charge in [0.1, 0.15) is 17.4 Å². The third-order valence-electron chi connectivity index (χ3n) is 3.31. The summed E-state index contributed by atoms with van der Waals surface area (Å²) in [5.41, 5.74) is -0.523. The summed E-state index contributed by atoms with van der Waals surface area (Å²) < 4.78 is 0. The molecule has 0 aliphatic carbocycles. The zero-order valence-corrected chi connectivity index (χ0v) is 11.6. The molecule has 0 spiro atoms. The van der Waals surface area contributed by atoms with E-state index in [1.807, 2.05) is 0 Å². The number of hydrogen-bond acceptors (Lipinski definition) is 5. The first-order valence-corrected chi connectivity index (χ1v) is 6.63. The van der Waals surface area contributed by atoms with Gasteiger partial charge in [-0.15, -0.1) is 0 Å². The summed E-state index contributed by atoms with van der Waals surface area (Å²) in [5.74, 6) is -1.75. The van der Waals surface area contributed by atoms with Crippen molar-refractivity contribution in [3.8, 4) is 0 Å². The predicted octanol–water partition coefficient (Wildman–Crippen LogP) is 1.72. The van der Waals surface area contributed by atoms with Crippen LogP contribution < -0.4 is 0 Å². The number of carbonyl (C=O) groups is 2. The molecule has 1 atom stereocenters. The van der Waals surface area contributed by atoms with E-state index in [4.69, 9.17) is 16.7 Å². The quantitative estimate of drug-likeness (QED) is 0.516. The maximum atomic E-state index is 12.4. The van der Waals surface area contributed by atoms with E-state index in [1.165, 1.54) is 4.90 Å². The van der Waals surface area contributed by atoms with Crippen LogP contribution in [0.2, 0.25) is 5.15 Å². The van der Waals surface area contributed by atoms with Crippen molar-refractivity contribution < 1.29 is 19.6 Å². The minimum Gasteiger partial charge on any atom is -0.480 e. The lowest BCUT2D eigenvalue weighted by atomic mass is 10.0. The molecule has 8 nitrogen and oxygen atoms in total. The molecule has 0 bridgehead atoms. The van der Waals surface area contributed by atoms with Crippen LogP contribution in [0.25, 0.3) is 0 Å². The van der Waals surface area contributed by atoms with E-state index in [2.05, 4.69) is 4.98 Å². The average molecular weight is 314 g/mol. The minimum absolute atomic E-state index is 0.154. The van der Waals surface area contributed by atoms with Crippen molar-refractivity contribution in [3.63, 3.8) is 0 Å². The number of carboxylic acids is 1. The van der Waals surface area contributed by atoms with Gasteiger partial charge in [0.2, 0.25) is 0 Å². The lowest BCUT2D eigenvalue weighted by molar-refractivity contribution is -0.385. The Morgan fingerprint density at radius 1 is 1.48 bits per heavy atom. The molecule has 0 unspecified atom stereocenters. The van der Waals surface area contributed by atoms with E-state index < -0.39 is 22.8 Å². The number of pyridine rings is 1. The van der Waals surface area contributed by atoms with E-state index in [1.54, 1.807) is 0 Å². The van der Waals surface area contributed by atoms with Crippen LogP contribution in [0.1, 0.15) is 29.6 Å². The van der Waals surface area contributed by atoms with Gasteiger partial charge in [-0.2, -0.15) is 0 Å². The maximum Gasteiger partial charge on any atom is 0.326 e. The Morgan fingerprint density at radius 3 is 2.81 bits per heavy atom. The van der Waals surface area contributed by atoms with Crippen LogP contribution in [0.3, 0.4) is 0 Å². The molecule has 0 saturated carbocycles. The van der Waals surface area contributed by atoms with E-state index in [9.17, 15) is 19.7 Å². The lowest BCUT2D eigenvalue weighted by Crippen LogP contribution is -2.48. The van der Waals surface area contributed by atoms with Crippen molar-refractivity contribution >= 4 is 29.2 Å². The normalized spacial score (nSPS) is 18.3. The topological polar surface area (TPSA) is 114 Å². The van der Waals surface area contributed by atoms with Crippen LogP contribution in [0, 0.1) is 10.1 Å². The summed E-state index contributed by atoms with van der Waals surface area (Å²) in [6, 6.07) is 0.0760. The number of nitrogens with zero attached hydrogens (tertiary/aromatic N) is 3. The first-order chi connectivity index (χ1) is 9.91. The number of carboxylic acid groups (broad SMARTS) is 1. The average Bonchev–Trinajstić information content (AvgIpc) is 2.46. The van der Waals surface area contributed by atoms with Gasteiger partial charge in [0, 0.05) is 12.6 Å². The molecule has 9 heteroatoms. The molecule has 1 saturated heterocycles. The summed E-state index contributed by atoms with van der Waals surface area (Å²) >= 11 is 5.81. The van der Waals surface area contributed by atoms with Gasteiger partial charge in [-0.1, -0.05) is 11.6 Å². The summed E-state index contributed by atoms with van der Waals surface area (Å²) in [5, 5.41) is 19.7. The van der Waals surface area contributed by atoms with Crippen molar-refractivity contribution in [1.82, 2.24) is 9.88 Å². The molecule has 0 radical (unpaired) electrons. The number of piperidine rings is 1. The van der Waals surface area contributed by atoms with Gasteiger partial charge in [0.25, 0.3) is 11.6 Å². The Kier molecular flexibility index (Phi) is 4.37. The third-order valence-corrected chi connectivity index (χ3v) is 3.62. The number of nitro groups is 1. The molecule has 1 aromatic rings. The molecular formula is C12H12ClN3O5. The van der Waals surface area contributed by atoms with Crippen LogP contribution >= 0.6 is 11.6 Å². The summed E-state index contributed by atoms with van der Waals surface area (Å²) in [6.45, 7) is 0.273. The summed E-state index contributed by atoms with van der Waals surface area (Å²) in [4.78, 5) is 38.5. The number of amides is 1. The molecule has 21 heavy (non-hydrogen) atoms. The van der Waals surface area contributed by atoms with E-state index in [0.29, 0.717) is 19.3 Å². The van der Waals surface area contributed by atoms with Gasteiger partial charge in [-0.05, 0) is 19.3 Å². The molecule has 0 aromatic carbocycles. The van der Waals surface area contributed by atoms with E-state index in [0.717, 1.165) is 12.3 Å². The standard InChI is InChI=1S/C12H12ClN3O5/c13-10-8(5-7(6-14-10)16(20)21)11(17)15-4-2-1-3-9(15)12(18)19/h5-6,9H,1-4H2,(H,18,19)/t9-/m0/s1. The zero-order valence-electron chi connectivity index (χ0n) is 10.9. The molecule has 1 fully saturated rings. The first kappa shape index (κ1) is 15.2. The van der Waals surface area contributed by atoms with Crippen molar-refractivity contribution in [1.29, 1.82) is 0 Å². The van der Waals surface area contributed by atoms with Crippen LogP contribution in [-0.2, 0) is 4.79 Å². The Labute approximate surface area is 124 Å². The highest BCUT2D eigenvalue weighted by atomic mass is 35.5. The second-order valence-electron chi connectivity index (χ2n) is 4.64. The third kappa shape index (κ3) is 3.10. The number of rotatable bonds is 3. The fourth-order valence-electron chi connectivity index (χ4n) is 2.27. The highest BCUT2D eigenvalue weighted by Gasteiger charge is 2.34. The van der Waals surface area contributed by atoms with Gasteiger partial charge in [0.05, 0.1) is 10.5 Å². The fraction of sp³-hybridized carbons (Fsp3) is 0.417. The molecule has 1 aliphatic rings. The number of aliphatic carboxylic acids is 1. The fourth-order valence-corrected chi connectivity index (χ4v) is 2.46. The number of aromatic nitrogens is 1. The van der Waals surface area contributed by atoms with Crippen molar-refractivity contribution in [2.45, 2.75) is 25.3 Å². The van der Waals surface area contributed by atoms with Gasteiger partial charge >= 0.3 is 5.97 Å². The van der Waals surface area contributed by atoms with Gasteiger partial charge in [-0.25, -0.2) is 9.78 Å². The maximum absolute atomic E-state index is 12.4. The van der Waals surface area contributed by atoms with Crippen LogP contribution in [0.4, 0.5) is 5.69 Å². The first-order valence-electron chi connectivity index (χ1n) is 6.25. The van der Waals surface area contributed by atoms with E-state index in [-0.39, 0.29) is 22.9 Å². The number of halogens is 1. The van der Waals surface area contributed by atoms with Gasteiger partial charge in [0.15, 0.2) is 0 Å². The molecule has 1 aliphatic heterocycles. The van der Waals surface area contributed by atoms with Crippen molar-refractivity contribution in [2.75, 3.05) is 6.54 Å². The molecule has 1 N–H and O–H groups in total. The second kappa shape index (κ2) is 6.04. The molecule has 1 aromatic heterocycles. The zero-order chi connectivity index (χ0) is 15.6. The smallest absolute Gasteiger partial charge is 0.326 e. The molecular weight excluding hydrogens is 302 g/mol. The van der Waals surface area contributed by atoms with Crippen LogP contribution in [0.15, 0.2) is 12.3 Å². The lowest BCUT2D eigenvalue weighted by Gasteiger charge is -2.33. The van der Waals surface area contributed by atoms with Gasteiger partial charge in [-0.3, -0.25) is 14.9 Å². The molecule has 2 heterocycles. The Hall–Kier alpha value is -2.22. The number of likely N-dealkylation sites (tertiary alicyclic amines) is 1. The second-order valence-corrected chi connectivity index (χ2v) is 5.00. The highest BCUT2D eigenvalue weighted by Crippen LogP contribution is 2.25. The summed E-state index contributed by atoms with van der Waals surface area (Å²) in [6.07, 6.45) is 2.68. The van der Waals surface area contributed by atoms with E-state index >= 15 is 0 Å². The summed E-state index contributed by atoms with van der Waals surface area (Å²) in [7, 11) is 0. The molecule has 2 rings (SSSR count). The minimum atomic E-state index is -1.10. The predicted molar refractivity (Wildman–Crippen MR) is 72.2 cm³/mol. The SMILES string of the molecule is O=C(O)[C@@H]1CCCCN1C(=O)c1cc([N+](=O)[O-])cnc1Cl. The molecule has 112 valence electrons. The largest absolute Gasteiger partial charge is 0.480 e. The Morgan fingerprint density at radius 2 is 2.19 bits per heavy atom. The van der Waals surface area contributed by atoms with Crippen molar-refractivity contribution in [2.24, 2.45) is 0 Å². The monoisotopic (exact) mass is 313 g/mol. The Bertz CT molecular complexity index is 607. The van der Waals surface area contributed by atoms with Crippen LogP contribution in [-0.4, -0.2) is 44.4 Å². The molecule has 1 amide bonds. The van der Waals surface area contributed by atoms with Crippen LogP contribution in [0.5, 0.6) is 0 Å². The number of carbonyl (C=O) groups excluding carboxylic acids is 1.